The first-order chi connectivity index (χ1) is 6.54. The normalized spacial score (nSPS) is 42.7. The van der Waals surface area contributed by atoms with Crippen molar-refractivity contribution in [3.8, 4) is 0 Å². The molecule has 0 amide bonds. The van der Waals surface area contributed by atoms with Gasteiger partial charge in [-0.2, -0.15) is 0 Å². The van der Waals surface area contributed by atoms with E-state index in [2.05, 4.69) is 0 Å². The third kappa shape index (κ3) is 1.34. The molecule has 2 rings (SSSR count). The Kier molecular flexibility index (Phi) is 2.30. The molecule has 0 spiro atoms. The largest absolute Gasteiger partial charge is 0.481 e. The molecule has 2 aliphatic carbocycles. The monoisotopic (exact) mass is 198 g/mol. The summed E-state index contributed by atoms with van der Waals surface area (Å²) >= 11 is 0. The quantitative estimate of drug-likeness (QED) is 0.725. The van der Waals surface area contributed by atoms with Gasteiger partial charge in [-0.15, -0.1) is 0 Å². The summed E-state index contributed by atoms with van der Waals surface area (Å²) < 4.78 is 0. The molecular formula is C11H18O3. The average molecular weight is 198 g/mol. The summed E-state index contributed by atoms with van der Waals surface area (Å²) in [5, 5.41) is 18.7. The van der Waals surface area contributed by atoms with Crippen LogP contribution in [-0.2, 0) is 4.79 Å². The van der Waals surface area contributed by atoms with Gasteiger partial charge in [0.1, 0.15) is 0 Å². The number of aliphatic hydroxyl groups is 1. The van der Waals surface area contributed by atoms with E-state index in [-0.39, 0.29) is 0 Å². The van der Waals surface area contributed by atoms with E-state index < -0.39 is 17.5 Å². The summed E-state index contributed by atoms with van der Waals surface area (Å²) in [6, 6.07) is 0. The zero-order chi connectivity index (χ0) is 10.3. The zero-order valence-corrected chi connectivity index (χ0v) is 8.57. The number of aliphatic carboxylic acids is 1. The van der Waals surface area contributed by atoms with Crippen molar-refractivity contribution in [1.29, 1.82) is 0 Å². The number of hydrogen-bond acceptors (Lipinski definition) is 2. The molecule has 0 radical (unpaired) electrons. The van der Waals surface area contributed by atoms with Gasteiger partial charge in [-0.05, 0) is 44.4 Å². The van der Waals surface area contributed by atoms with E-state index in [0.717, 1.165) is 19.3 Å². The lowest BCUT2D eigenvalue weighted by atomic mass is 9.70. The van der Waals surface area contributed by atoms with E-state index in [1.807, 2.05) is 0 Å². The molecule has 2 N–H and O–H groups in total. The number of fused-ring (bicyclic) bond motifs is 2. The molecule has 0 aliphatic heterocycles. The van der Waals surface area contributed by atoms with Crippen LogP contribution in [0.25, 0.3) is 0 Å². The van der Waals surface area contributed by atoms with Crippen LogP contribution in [0.3, 0.4) is 0 Å². The van der Waals surface area contributed by atoms with E-state index in [4.69, 9.17) is 0 Å². The van der Waals surface area contributed by atoms with Crippen molar-refractivity contribution >= 4 is 5.97 Å². The van der Waals surface area contributed by atoms with Gasteiger partial charge < -0.3 is 10.2 Å². The highest BCUT2D eigenvalue weighted by Gasteiger charge is 2.55. The lowest BCUT2D eigenvalue weighted by molar-refractivity contribution is -0.154. The van der Waals surface area contributed by atoms with Gasteiger partial charge >= 0.3 is 5.97 Å². The lowest BCUT2D eigenvalue weighted by Crippen LogP contribution is -2.39. The number of carboxylic acids is 1. The summed E-state index contributed by atoms with van der Waals surface area (Å²) in [6.45, 7) is 1.69. The summed E-state index contributed by atoms with van der Waals surface area (Å²) in [4.78, 5) is 11.3. The highest BCUT2D eigenvalue weighted by molar-refractivity contribution is 5.76. The minimum Gasteiger partial charge on any atom is -0.481 e. The average Bonchev–Trinajstić information content (AvgIpc) is 2.61. The molecule has 2 saturated carbocycles. The molecule has 0 heterocycles. The molecule has 0 saturated heterocycles. The Morgan fingerprint density at radius 1 is 1.57 bits per heavy atom. The molecule has 0 aromatic rings. The highest BCUT2D eigenvalue weighted by Crippen LogP contribution is 2.58. The third-order valence-corrected chi connectivity index (χ3v) is 4.06. The van der Waals surface area contributed by atoms with Gasteiger partial charge in [-0.1, -0.05) is 6.42 Å². The molecule has 2 bridgehead atoms. The van der Waals surface area contributed by atoms with E-state index in [9.17, 15) is 15.0 Å². The molecule has 2 aliphatic rings. The molecule has 80 valence electrons. The zero-order valence-electron chi connectivity index (χ0n) is 8.57. The van der Waals surface area contributed by atoms with Gasteiger partial charge in [0.2, 0.25) is 0 Å². The highest BCUT2D eigenvalue weighted by atomic mass is 16.4. The Morgan fingerprint density at radius 3 is 2.64 bits per heavy atom. The van der Waals surface area contributed by atoms with Crippen LogP contribution < -0.4 is 0 Å². The standard InChI is InChI=1S/C11H18O3/c1-7(12)5-11(10(13)14)6-8-2-3-9(11)4-8/h7-9,12H,2-6H2,1H3,(H,13,14). The van der Waals surface area contributed by atoms with E-state index in [1.165, 1.54) is 6.42 Å². The van der Waals surface area contributed by atoms with Crippen molar-refractivity contribution in [2.24, 2.45) is 17.3 Å². The van der Waals surface area contributed by atoms with Crippen LogP contribution in [0.15, 0.2) is 0 Å². The van der Waals surface area contributed by atoms with Gasteiger partial charge in [0, 0.05) is 0 Å². The molecule has 0 aromatic heterocycles. The maximum atomic E-state index is 11.3. The Balaban J connectivity index is 2.20. The van der Waals surface area contributed by atoms with Crippen LogP contribution in [0.4, 0.5) is 0 Å². The second-order valence-corrected chi connectivity index (χ2v) is 5.09. The summed E-state index contributed by atoms with van der Waals surface area (Å²) in [5.41, 5.74) is -0.600. The van der Waals surface area contributed by atoms with Gasteiger partial charge in [0.05, 0.1) is 11.5 Å². The first kappa shape index (κ1) is 9.97. The molecule has 3 nitrogen and oxygen atoms in total. The number of carboxylic acid groups (broad SMARTS) is 1. The van der Waals surface area contributed by atoms with Crippen molar-refractivity contribution < 1.29 is 15.0 Å². The van der Waals surface area contributed by atoms with Gasteiger partial charge in [-0.25, -0.2) is 0 Å². The summed E-state index contributed by atoms with van der Waals surface area (Å²) in [5.74, 6) is 0.236. The van der Waals surface area contributed by atoms with E-state index >= 15 is 0 Å². The Bertz CT molecular complexity index is 249. The fourth-order valence-electron chi connectivity index (χ4n) is 3.57. The van der Waals surface area contributed by atoms with Crippen LogP contribution in [0, 0.1) is 17.3 Å². The Hall–Kier alpha value is -0.570. The van der Waals surface area contributed by atoms with Crippen LogP contribution in [0.1, 0.15) is 39.0 Å². The SMILES string of the molecule is CC(O)CC1(C(=O)O)CC2CCC1C2. The first-order valence-electron chi connectivity index (χ1n) is 5.46. The molecular weight excluding hydrogens is 180 g/mol. The number of aliphatic hydroxyl groups excluding tert-OH is 1. The summed E-state index contributed by atoms with van der Waals surface area (Å²) in [6.07, 6.45) is 4.04. The number of carbonyl (C=O) groups is 1. The van der Waals surface area contributed by atoms with Crippen molar-refractivity contribution in [2.75, 3.05) is 0 Å². The van der Waals surface area contributed by atoms with Crippen LogP contribution in [-0.4, -0.2) is 22.3 Å². The minimum atomic E-state index is -0.689. The number of hydrogen-bond donors (Lipinski definition) is 2. The molecule has 14 heavy (non-hydrogen) atoms. The predicted octanol–water partition coefficient (Wildman–Crippen LogP) is 1.65. The predicted molar refractivity (Wildman–Crippen MR) is 51.8 cm³/mol. The van der Waals surface area contributed by atoms with Crippen molar-refractivity contribution in [1.82, 2.24) is 0 Å². The second-order valence-electron chi connectivity index (χ2n) is 5.09. The topological polar surface area (TPSA) is 57.5 Å². The van der Waals surface area contributed by atoms with Crippen LogP contribution >= 0.6 is 0 Å². The van der Waals surface area contributed by atoms with E-state index in [1.54, 1.807) is 6.92 Å². The Morgan fingerprint density at radius 2 is 2.29 bits per heavy atom. The van der Waals surface area contributed by atoms with Crippen LogP contribution in [0.2, 0.25) is 0 Å². The van der Waals surface area contributed by atoms with Crippen molar-refractivity contribution in [3.05, 3.63) is 0 Å². The molecule has 4 atom stereocenters. The third-order valence-electron chi connectivity index (χ3n) is 4.06. The fourth-order valence-corrected chi connectivity index (χ4v) is 3.57. The molecule has 2 fully saturated rings. The second kappa shape index (κ2) is 3.23. The van der Waals surface area contributed by atoms with Gasteiger partial charge in [-0.3, -0.25) is 4.79 Å². The minimum absolute atomic E-state index is 0.319. The summed E-state index contributed by atoms with van der Waals surface area (Å²) in [7, 11) is 0. The number of rotatable bonds is 3. The fraction of sp³-hybridized carbons (Fsp3) is 0.909. The van der Waals surface area contributed by atoms with E-state index in [0.29, 0.717) is 18.3 Å². The molecule has 4 unspecified atom stereocenters. The first-order valence-corrected chi connectivity index (χ1v) is 5.46. The van der Waals surface area contributed by atoms with Crippen molar-refractivity contribution in [3.63, 3.8) is 0 Å². The van der Waals surface area contributed by atoms with Gasteiger partial charge in [0.25, 0.3) is 0 Å². The smallest absolute Gasteiger partial charge is 0.310 e. The lowest BCUT2D eigenvalue weighted by Gasteiger charge is -2.34. The maximum Gasteiger partial charge on any atom is 0.310 e. The van der Waals surface area contributed by atoms with Crippen molar-refractivity contribution in [2.45, 2.75) is 45.1 Å². The van der Waals surface area contributed by atoms with Crippen LogP contribution in [0.5, 0.6) is 0 Å². The Labute approximate surface area is 84.1 Å². The molecule has 3 heteroatoms. The van der Waals surface area contributed by atoms with Gasteiger partial charge in [0.15, 0.2) is 0 Å². The maximum absolute atomic E-state index is 11.3. The molecule has 0 aromatic carbocycles.